The fraction of sp³-hybridized carbons (Fsp3) is 0.286. The maximum atomic E-state index is 12.2. The first-order chi connectivity index (χ1) is 7.57. The molecule has 0 radical (unpaired) electrons. The van der Waals surface area contributed by atoms with Crippen LogP contribution < -0.4 is 61.9 Å². The van der Waals surface area contributed by atoms with Crippen molar-refractivity contribution in [1.29, 1.82) is 5.26 Å². The van der Waals surface area contributed by atoms with Crippen molar-refractivity contribution >= 4 is 0 Å². The number of aromatic nitrogens is 2. The molecule has 0 aliphatic rings. The third-order valence-corrected chi connectivity index (χ3v) is 1.51. The van der Waals surface area contributed by atoms with Gasteiger partial charge in [0.25, 0.3) is 0 Å². The molecule has 11 heteroatoms. The first-order valence-corrected chi connectivity index (χ1v) is 3.71. The molecule has 1 aromatic heterocycles. The van der Waals surface area contributed by atoms with Crippen LogP contribution in [0, 0.1) is 11.3 Å². The number of alkyl halides is 6. The average Bonchev–Trinajstić information content (AvgIpc) is 2.13. The minimum absolute atomic E-state index is 0. The second kappa shape index (κ2) is 5.70. The van der Waals surface area contributed by atoms with Gasteiger partial charge in [-0.2, -0.15) is 31.6 Å². The van der Waals surface area contributed by atoms with Crippen molar-refractivity contribution in [3.63, 3.8) is 0 Å². The Morgan fingerprint density at radius 3 is 1.94 bits per heavy atom. The van der Waals surface area contributed by atoms with E-state index in [1.54, 1.807) is 0 Å². The van der Waals surface area contributed by atoms with E-state index in [1.165, 1.54) is 0 Å². The van der Waals surface area contributed by atoms with Crippen molar-refractivity contribution in [1.82, 2.24) is 9.97 Å². The van der Waals surface area contributed by atoms with Gasteiger partial charge < -0.3 is 9.97 Å². The number of hydrogen-bond donors (Lipinski definition) is 0. The van der Waals surface area contributed by atoms with Crippen LogP contribution in [-0.4, -0.2) is 4.98 Å². The van der Waals surface area contributed by atoms with Crippen molar-refractivity contribution in [2.24, 2.45) is 0 Å². The second-order valence-corrected chi connectivity index (χ2v) is 2.68. The topological polar surface area (TPSA) is 67.8 Å². The molecule has 1 heterocycles. The maximum Gasteiger partial charge on any atom is 1.00 e. The zero-order chi connectivity index (χ0) is 13.4. The first-order valence-electron chi connectivity index (χ1n) is 3.71. The molecule has 0 aliphatic heterocycles. The summed E-state index contributed by atoms with van der Waals surface area (Å²) >= 11 is 0. The van der Waals surface area contributed by atoms with Crippen LogP contribution in [0.5, 0.6) is 0 Å². The van der Waals surface area contributed by atoms with Crippen LogP contribution in [0.2, 0.25) is 0 Å². The molecule has 0 aromatic carbocycles. The van der Waals surface area contributed by atoms with Gasteiger partial charge in [0, 0.05) is 5.82 Å². The molecule has 1 rings (SSSR count). The molecule has 4 nitrogen and oxygen atoms in total. The summed E-state index contributed by atoms with van der Waals surface area (Å²) in [5.41, 5.74) is -5.67. The van der Waals surface area contributed by atoms with Gasteiger partial charge in [-0.05, 0) is 0 Å². The molecular weight excluding hydrogens is 295 g/mol. The fourth-order valence-electron chi connectivity index (χ4n) is 0.873. The number of hydrogen-bond acceptors (Lipinski definition) is 3. The molecule has 0 saturated carbocycles. The SMILES string of the molecule is N#Cc1c(C(F)(F)F)nc(C(F)(F)F)[n-]c1=O.[K+]. The van der Waals surface area contributed by atoms with Crippen molar-refractivity contribution in [2.45, 2.75) is 12.4 Å². The minimum Gasteiger partial charge on any atom is -0.427 e. The Morgan fingerprint density at radius 1 is 1.11 bits per heavy atom. The van der Waals surface area contributed by atoms with Gasteiger partial charge in [-0.1, -0.05) is 0 Å². The minimum atomic E-state index is -5.34. The summed E-state index contributed by atoms with van der Waals surface area (Å²) < 4.78 is 72.9. The molecule has 0 spiro atoms. The van der Waals surface area contributed by atoms with Crippen LogP contribution in [0.1, 0.15) is 17.1 Å². The number of nitriles is 1. The zero-order valence-electron chi connectivity index (χ0n) is 8.52. The molecule has 0 amide bonds. The summed E-state index contributed by atoms with van der Waals surface area (Å²) in [7, 11) is 0. The number of nitrogens with zero attached hydrogens (tertiary/aromatic N) is 3. The zero-order valence-corrected chi connectivity index (χ0v) is 11.6. The Balaban J connectivity index is 0.00000289. The number of rotatable bonds is 0. The quantitative estimate of drug-likeness (QED) is 0.423. The van der Waals surface area contributed by atoms with Gasteiger partial charge in [0.05, 0.1) is 5.69 Å². The van der Waals surface area contributed by atoms with Crippen molar-refractivity contribution in [3.8, 4) is 6.07 Å². The predicted octanol–water partition coefficient (Wildman–Crippen LogP) is -1.69. The van der Waals surface area contributed by atoms with Crippen LogP contribution in [0.3, 0.4) is 0 Å². The molecule has 0 atom stereocenters. The van der Waals surface area contributed by atoms with E-state index in [1.807, 2.05) is 0 Å². The number of halogens is 6. The van der Waals surface area contributed by atoms with E-state index < -0.39 is 35.0 Å². The summed E-state index contributed by atoms with van der Waals surface area (Å²) in [6.07, 6.45) is -10.6. The molecule has 0 N–H and O–H groups in total. The van der Waals surface area contributed by atoms with Crippen LogP contribution in [-0.2, 0) is 12.4 Å². The van der Waals surface area contributed by atoms with Crippen LogP contribution in [0.4, 0.5) is 26.3 Å². The van der Waals surface area contributed by atoms with E-state index in [0.717, 1.165) is 6.07 Å². The molecule has 92 valence electrons. The summed E-state index contributed by atoms with van der Waals surface area (Å²) in [4.78, 5) is 15.3. The standard InChI is InChI=1S/C7HF6N3O.K/c8-6(9,10)3-2(1-14)4(17)16-5(15-3)7(11,12)13;/h(H,15,16,17);/q;+1/p-1. The Morgan fingerprint density at radius 2 is 1.61 bits per heavy atom. The Labute approximate surface area is 137 Å². The van der Waals surface area contributed by atoms with E-state index in [-0.39, 0.29) is 51.4 Å². The fourth-order valence-corrected chi connectivity index (χ4v) is 0.873. The van der Waals surface area contributed by atoms with Gasteiger partial charge in [-0.25, -0.2) is 0 Å². The Kier molecular flexibility index (Phi) is 5.57. The maximum absolute atomic E-state index is 12.2. The summed E-state index contributed by atoms with van der Waals surface area (Å²) in [5, 5.41) is 8.25. The third kappa shape index (κ3) is 3.79. The first kappa shape index (κ1) is 17.6. The summed E-state index contributed by atoms with van der Waals surface area (Å²) in [6.45, 7) is 0. The van der Waals surface area contributed by atoms with E-state index >= 15 is 0 Å². The van der Waals surface area contributed by atoms with Gasteiger partial charge in [0.15, 0.2) is 5.56 Å². The van der Waals surface area contributed by atoms with E-state index in [0.29, 0.717) is 0 Å². The van der Waals surface area contributed by atoms with Gasteiger partial charge in [0.1, 0.15) is 11.6 Å². The molecule has 0 aliphatic carbocycles. The van der Waals surface area contributed by atoms with Crippen LogP contribution in [0.25, 0.3) is 0 Å². The van der Waals surface area contributed by atoms with Crippen LogP contribution >= 0.6 is 0 Å². The molecule has 1 aromatic rings. The monoisotopic (exact) mass is 295 g/mol. The van der Waals surface area contributed by atoms with E-state index in [4.69, 9.17) is 5.26 Å². The van der Waals surface area contributed by atoms with Crippen LogP contribution in [0.15, 0.2) is 4.79 Å². The average molecular weight is 295 g/mol. The predicted molar refractivity (Wildman–Crippen MR) is 38.5 cm³/mol. The van der Waals surface area contributed by atoms with Gasteiger partial charge >= 0.3 is 63.7 Å². The smallest absolute Gasteiger partial charge is 0.427 e. The third-order valence-electron chi connectivity index (χ3n) is 1.51. The van der Waals surface area contributed by atoms with E-state index in [2.05, 4.69) is 9.97 Å². The molecule has 0 saturated heterocycles. The van der Waals surface area contributed by atoms with E-state index in [9.17, 15) is 31.1 Å². The molecular formula is C7F6KN3O. The molecule has 0 unspecified atom stereocenters. The largest absolute Gasteiger partial charge is 1.00 e. The van der Waals surface area contributed by atoms with Gasteiger partial charge in [-0.15, -0.1) is 0 Å². The van der Waals surface area contributed by atoms with Crippen molar-refractivity contribution in [2.75, 3.05) is 0 Å². The normalized spacial score (nSPS) is 11.6. The summed E-state index contributed by atoms with van der Waals surface area (Å²) in [6, 6.07) is 0.824. The van der Waals surface area contributed by atoms with Gasteiger partial charge in [0.2, 0.25) is 0 Å². The summed E-state index contributed by atoms with van der Waals surface area (Å²) in [5.74, 6) is -2.23. The Bertz CT molecular complexity index is 540. The van der Waals surface area contributed by atoms with Gasteiger partial charge in [-0.3, -0.25) is 4.79 Å². The second-order valence-electron chi connectivity index (χ2n) is 2.68. The molecule has 0 bridgehead atoms. The van der Waals surface area contributed by atoms with Crippen molar-refractivity contribution < 1.29 is 77.7 Å². The Hall–Kier alpha value is -0.414. The molecule has 0 fully saturated rings. The molecule has 18 heavy (non-hydrogen) atoms. The van der Waals surface area contributed by atoms with Crippen molar-refractivity contribution in [3.05, 3.63) is 27.4 Å².